The summed E-state index contributed by atoms with van der Waals surface area (Å²) < 4.78 is 10.5. The monoisotopic (exact) mass is 353 g/mol. The molecule has 138 valence electrons. The molecule has 2 aromatic carbocycles. The van der Waals surface area contributed by atoms with E-state index in [4.69, 9.17) is 9.47 Å². The Balaban J connectivity index is 1.74. The van der Waals surface area contributed by atoms with Crippen LogP contribution in [0.25, 0.3) is 0 Å². The average Bonchev–Trinajstić information content (AvgIpc) is 2.69. The summed E-state index contributed by atoms with van der Waals surface area (Å²) in [4.78, 5) is 14.1. The van der Waals surface area contributed by atoms with Crippen molar-refractivity contribution in [2.24, 2.45) is 0 Å². The normalized spacial score (nSPS) is 15.3. The molecule has 3 rings (SSSR count). The van der Waals surface area contributed by atoms with Gasteiger partial charge in [-0.2, -0.15) is 0 Å². The van der Waals surface area contributed by atoms with Gasteiger partial charge in [-0.05, 0) is 48.2 Å². The van der Waals surface area contributed by atoms with Gasteiger partial charge in [0.15, 0.2) is 0 Å². The summed E-state index contributed by atoms with van der Waals surface area (Å²) in [5, 5.41) is 0. The van der Waals surface area contributed by atoms with Crippen LogP contribution in [-0.2, 0) is 17.9 Å². The highest BCUT2D eigenvalue weighted by Gasteiger charge is 2.24. The topological polar surface area (TPSA) is 38.8 Å². The summed E-state index contributed by atoms with van der Waals surface area (Å²) in [6, 6.07) is 16.9. The second kappa shape index (κ2) is 8.86. The number of rotatable bonds is 7. The highest BCUT2D eigenvalue weighted by molar-refractivity contribution is 5.79. The number of benzene rings is 2. The van der Waals surface area contributed by atoms with E-state index < -0.39 is 0 Å². The van der Waals surface area contributed by atoms with E-state index in [2.05, 4.69) is 29.2 Å². The van der Waals surface area contributed by atoms with Crippen LogP contribution in [-0.4, -0.2) is 30.9 Å². The standard InChI is InChI=1S/C22H27NO3/c1-25-21-11-3-17(4-12-21)15-23(19-7-9-20(24)10-8-19)16-18-5-13-22(26-2)14-6-18/h3-6,11-14,19H,7-10,15-16H2,1-2H3. The Morgan fingerprint density at radius 1 is 0.808 bits per heavy atom. The van der Waals surface area contributed by atoms with Crippen molar-refractivity contribution in [2.75, 3.05) is 14.2 Å². The molecule has 26 heavy (non-hydrogen) atoms. The summed E-state index contributed by atoms with van der Waals surface area (Å²) in [5.74, 6) is 2.15. The number of carbonyl (C=O) groups is 1. The smallest absolute Gasteiger partial charge is 0.133 e. The zero-order chi connectivity index (χ0) is 18.4. The van der Waals surface area contributed by atoms with Crippen LogP contribution < -0.4 is 9.47 Å². The van der Waals surface area contributed by atoms with Gasteiger partial charge in [-0.15, -0.1) is 0 Å². The van der Waals surface area contributed by atoms with E-state index >= 15 is 0 Å². The van der Waals surface area contributed by atoms with Crippen LogP contribution >= 0.6 is 0 Å². The zero-order valence-corrected chi connectivity index (χ0v) is 15.6. The maximum atomic E-state index is 11.6. The molecular weight excluding hydrogens is 326 g/mol. The first-order valence-electron chi connectivity index (χ1n) is 9.19. The lowest BCUT2D eigenvalue weighted by Gasteiger charge is -2.34. The van der Waals surface area contributed by atoms with E-state index in [-0.39, 0.29) is 0 Å². The third-order valence-corrected chi connectivity index (χ3v) is 5.12. The van der Waals surface area contributed by atoms with Crippen molar-refractivity contribution in [3.63, 3.8) is 0 Å². The maximum Gasteiger partial charge on any atom is 0.133 e. The average molecular weight is 353 g/mol. The highest BCUT2D eigenvalue weighted by atomic mass is 16.5. The highest BCUT2D eigenvalue weighted by Crippen LogP contribution is 2.25. The van der Waals surface area contributed by atoms with Crippen molar-refractivity contribution in [1.82, 2.24) is 4.90 Å². The number of carbonyl (C=O) groups excluding carboxylic acids is 1. The minimum atomic E-state index is 0.398. The minimum Gasteiger partial charge on any atom is -0.497 e. The molecule has 1 fully saturated rings. The Kier molecular flexibility index (Phi) is 6.29. The Morgan fingerprint density at radius 3 is 1.62 bits per heavy atom. The molecule has 0 atom stereocenters. The number of hydrogen-bond acceptors (Lipinski definition) is 4. The first-order chi connectivity index (χ1) is 12.7. The fraction of sp³-hybridized carbons (Fsp3) is 0.409. The van der Waals surface area contributed by atoms with E-state index in [1.165, 1.54) is 11.1 Å². The molecule has 2 aromatic rings. The minimum absolute atomic E-state index is 0.398. The molecule has 4 heteroatoms. The van der Waals surface area contributed by atoms with Gasteiger partial charge < -0.3 is 9.47 Å². The molecular formula is C22H27NO3. The van der Waals surface area contributed by atoms with Gasteiger partial charge in [-0.1, -0.05) is 24.3 Å². The van der Waals surface area contributed by atoms with Gasteiger partial charge in [0, 0.05) is 32.0 Å². The molecule has 0 saturated heterocycles. The van der Waals surface area contributed by atoms with E-state index in [1.54, 1.807) is 14.2 Å². The molecule has 0 aliphatic heterocycles. The molecule has 4 nitrogen and oxygen atoms in total. The molecule has 0 spiro atoms. The molecule has 0 N–H and O–H groups in total. The van der Waals surface area contributed by atoms with Crippen LogP contribution in [0.4, 0.5) is 0 Å². The molecule has 0 bridgehead atoms. The molecule has 0 radical (unpaired) electrons. The van der Waals surface area contributed by atoms with E-state index in [0.29, 0.717) is 24.7 Å². The Labute approximate surface area is 155 Å². The van der Waals surface area contributed by atoms with Gasteiger partial charge in [-0.25, -0.2) is 0 Å². The van der Waals surface area contributed by atoms with Crippen LogP contribution in [0.2, 0.25) is 0 Å². The lowest BCUT2D eigenvalue weighted by atomic mass is 9.92. The molecule has 1 aliphatic carbocycles. The van der Waals surface area contributed by atoms with Crippen molar-refractivity contribution >= 4 is 5.78 Å². The third-order valence-electron chi connectivity index (χ3n) is 5.12. The fourth-order valence-electron chi connectivity index (χ4n) is 3.53. The lowest BCUT2D eigenvalue weighted by Crippen LogP contribution is -2.37. The van der Waals surface area contributed by atoms with Gasteiger partial charge in [0.1, 0.15) is 17.3 Å². The van der Waals surface area contributed by atoms with Crippen LogP contribution in [0.5, 0.6) is 11.5 Å². The van der Waals surface area contributed by atoms with Crippen LogP contribution in [0.3, 0.4) is 0 Å². The number of nitrogens with zero attached hydrogens (tertiary/aromatic N) is 1. The van der Waals surface area contributed by atoms with Crippen molar-refractivity contribution in [3.8, 4) is 11.5 Å². The number of Topliss-reactive ketones (excluding diaryl/α,β-unsaturated/α-hetero) is 1. The first kappa shape index (κ1) is 18.5. The predicted octanol–water partition coefficient (Wildman–Crippen LogP) is 4.22. The molecule has 0 amide bonds. The van der Waals surface area contributed by atoms with E-state index in [9.17, 15) is 4.79 Å². The molecule has 0 unspecified atom stereocenters. The molecule has 0 heterocycles. The van der Waals surface area contributed by atoms with E-state index in [0.717, 1.165) is 37.4 Å². The number of ketones is 1. The van der Waals surface area contributed by atoms with Gasteiger partial charge in [0.2, 0.25) is 0 Å². The summed E-state index contributed by atoms with van der Waals surface area (Å²) in [6.45, 7) is 1.74. The Morgan fingerprint density at radius 2 is 1.23 bits per heavy atom. The fourth-order valence-corrected chi connectivity index (χ4v) is 3.53. The summed E-state index contributed by atoms with van der Waals surface area (Å²) in [6.07, 6.45) is 3.30. The Bertz CT molecular complexity index is 650. The van der Waals surface area contributed by atoms with Crippen molar-refractivity contribution < 1.29 is 14.3 Å². The van der Waals surface area contributed by atoms with E-state index in [1.807, 2.05) is 24.3 Å². The van der Waals surface area contributed by atoms with Gasteiger partial charge in [0.05, 0.1) is 14.2 Å². The number of hydrogen-bond donors (Lipinski definition) is 0. The maximum absolute atomic E-state index is 11.6. The second-order valence-corrected chi connectivity index (χ2v) is 6.87. The summed E-state index contributed by atoms with van der Waals surface area (Å²) >= 11 is 0. The largest absolute Gasteiger partial charge is 0.497 e. The van der Waals surface area contributed by atoms with Crippen molar-refractivity contribution in [1.29, 1.82) is 0 Å². The Hall–Kier alpha value is -2.33. The van der Waals surface area contributed by atoms with Crippen molar-refractivity contribution in [2.45, 2.75) is 44.8 Å². The predicted molar refractivity (Wildman–Crippen MR) is 102 cm³/mol. The van der Waals surface area contributed by atoms with Crippen molar-refractivity contribution in [3.05, 3.63) is 59.7 Å². The number of methoxy groups -OCH3 is 2. The third kappa shape index (κ3) is 4.85. The molecule has 1 aliphatic rings. The summed E-state index contributed by atoms with van der Waals surface area (Å²) in [7, 11) is 3.37. The molecule has 1 saturated carbocycles. The van der Waals surface area contributed by atoms with Crippen LogP contribution in [0.1, 0.15) is 36.8 Å². The van der Waals surface area contributed by atoms with Gasteiger partial charge in [-0.3, -0.25) is 9.69 Å². The van der Waals surface area contributed by atoms with Crippen LogP contribution in [0, 0.1) is 0 Å². The van der Waals surface area contributed by atoms with Crippen LogP contribution in [0.15, 0.2) is 48.5 Å². The SMILES string of the molecule is COc1ccc(CN(Cc2ccc(OC)cc2)C2CCC(=O)CC2)cc1. The number of ether oxygens (including phenoxy) is 2. The van der Waals surface area contributed by atoms with Gasteiger partial charge >= 0.3 is 0 Å². The van der Waals surface area contributed by atoms with Gasteiger partial charge in [0.25, 0.3) is 0 Å². The zero-order valence-electron chi connectivity index (χ0n) is 15.6. The quantitative estimate of drug-likeness (QED) is 0.747. The lowest BCUT2D eigenvalue weighted by molar-refractivity contribution is -0.121. The molecule has 0 aromatic heterocycles. The second-order valence-electron chi connectivity index (χ2n) is 6.87. The first-order valence-corrected chi connectivity index (χ1v) is 9.19. The summed E-state index contributed by atoms with van der Waals surface area (Å²) in [5.41, 5.74) is 2.52.